The Kier molecular flexibility index (Phi) is 5.83. The Labute approximate surface area is 177 Å². The summed E-state index contributed by atoms with van der Waals surface area (Å²) in [6, 6.07) is 19.1. The Morgan fingerprint density at radius 3 is 2.79 bits per heavy atom. The van der Waals surface area contributed by atoms with Gasteiger partial charge in [-0.05, 0) is 42.8 Å². The van der Waals surface area contributed by atoms with Crippen molar-refractivity contribution in [1.29, 1.82) is 0 Å². The van der Waals surface area contributed by atoms with Gasteiger partial charge in [0.25, 0.3) is 5.56 Å². The van der Waals surface area contributed by atoms with Crippen molar-refractivity contribution in [3.8, 4) is 0 Å². The number of anilines is 1. The molecule has 0 aliphatic rings. The molecule has 0 fully saturated rings. The van der Waals surface area contributed by atoms with Crippen LogP contribution in [-0.2, 0) is 5.75 Å². The predicted octanol–water partition coefficient (Wildman–Crippen LogP) is 5.44. The summed E-state index contributed by atoms with van der Waals surface area (Å²) in [5.41, 5.74) is 2.45. The smallest absolute Gasteiger partial charge is 0.253 e. The number of hydrogen-bond acceptors (Lipinski definition) is 5. The number of thioether (sulfide) groups is 1. The van der Waals surface area contributed by atoms with Gasteiger partial charge in [0.05, 0.1) is 6.04 Å². The molecule has 0 saturated carbocycles. The zero-order valence-corrected chi connectivity index (χ0v) is 17.3. The van der Waals surface area contributed by atoms with E-state index in [0.717, 1.165) is 21.7 Å². The third kappa shape index (κ3) is 4.78. The average molecular weight is 423 g/mol. The number of nitrogens with one attached hydrogen (secondary N) is 2. The molecule has 146 valence electrons. The summed E-state index contributed by atoms with van der Waals surface area (Å²) < 4.78 is 0. The van der Waals surface area contributed by atoms with Crippen molar-refractivity contribution in [1.82, 2.24) is 15.0 Å². The number of aromatic amines is 1. The second-order valence-electron chi connectivity index (χ2n) is 6.64. The fourth-order valence-corrected chi connectivity index (χ4v) is 4.01. The Hall–Kier alpha value is -2.83. The van der Waals surface area contributed by atoms with Gasteiger partial charge in [0.1, 0.15) is 5.03 Å². The lowest BCUT2D eigenvalue weighted by molar-refractivity contribution is 0.837. The van der Waals surface area contributed by atoms with Gasteiger partial charge < -0.3 is 10.3 Å². The number of nitrogens with zero attached hydrogens (tertiary/aromatic N) is 2. The molecule has 29 heavy (non-hydrogen) atoms. The molecule has 0 spiro atoms. The van der Waals surface area contributed by atoms with Crippen LogP contribution in [0.2, 0.25) is 5.02 Å². The molecule has 0 amide bonds. The number of H-pyrrole nitrogens is 1. The first-order valence-electron chi connectivity index (χ1n) is 9.17. The first-order chi connectivity index (χ1) is 14.1. The van der Waals surface area contributed by atoms with Crippen LogP contribution in [0.15, 0.2) is 76.7 Å². The highest BCUT2D eigenvalue weighted by molar-refractivity contribution is 7.98. The summed E-state index contributed by atoms with van der Waals surface area (Å²) in [6.45, 7) is 1.91. The molecule has 4 aromatic rings. The van der Waals surface area contributed by atoms with Crippen molar-refractivity contribution in [3.63, 3.8) is 0 Å². The molecule has 1 atom stereocenters. The number of hydrogen-bond donors (Lipinski definition) is 2. The van der Waals surface area contributed by atoms with E-state index in [-0.39, 0.29) is 11.6 Å². The number of benzene rings is 2. The lowest BCUT2D eigenvalue weighted by Gasteiger charge is -2.14. The largest absolute Gasteiger partial charge is 0.347 e. The topological polar surface area (TPSA) is 70.7 Å². The van der Waals surface area contributed by atoms with Gasteiger partial charge in [-0.1, -0.05) is 41.9 Å². The Morgan fingerprint density at radius 1 is 1.14 bits per heavy atom. The standard InChI is InChI=1S/C22H19ClN4OS/c1-14(18-12-16-11-17(23)7-8-19(16)26-21(18)28)25-22-24-10-9-20(27-22)29-13-15-5-3-2-4-6-15/h2-12,14H,13H2,1H3,(H,26,28)(H,24,25,27)/t14-/m0/s1. The minimum absolute atomic E-state index is 0.144. The maximum absolute atomic E-state index is 12.5. The third-order valence-corrected chi connectivity index (χ3v) is 5.74. The lowest BCUT2D eigenvalue weighted by atomic mass is 10.1. The number of halogens is 1. The van der Waals surface area contributed by atoms with Crippen LogP contribution in [0.5, 0.6) is 0 Å². The molecule has 0 unspecified atom stereocenters. The lowest BCUT2D eigenvalue weighted by Crippen LogP contribution is -2.20. The van der Waals surface area contributed by atoms with Crippen LogP contribution in [-0.4, -0.2) is 15.0 Å². The predicted molar refractivity (Wildman–Crippen MR) is 120 cm³/mol. The molecule has 0 radical (unpaired) electrons. The molecule has 7 heteroatoms. The highest BCUT2D eigenvalue weighted by atomic mass is 35.5. The summed E-state index contributed by atoms with van der Waals surface area (Å²) in [4.78, 5) is 24.3. The Bertz CT molecular complexity index is 1200. The van der Waals surface area contributed by atoms with E-state index in [1.54, 1.807) is 30.1 Å². The number of fused-ring (bicyclic) bond motifs is 1. The molecule has 2 aromatic heterocycles. The van der Waals surface area contributed by atoms with Gasteiger partial charge in [0.2, 0.25) is 5.95 Å². The zero-order valence-electron chi connectivity index (χ0n) is 15.7. The maximum atomic E-state index is 12.5. The van der Waals surface area contributed by atoms with Crippen molar-refractivity contribution in [3.05, 3.63) is 93.4 Å². The zero-order chi connectivity index (χ0) is 20.2. The Balaban J connectivity index is 1.51. The van der Waals surface area contributed by atoms with Crippen LogP contribution < -0.4 is 10.9 Å². The van der Waals surface area contributed by atoms with Crippen LogP contribution in [0.4, 0.5) is 5.95 Å². The van der Waals surface area contributed by atoms with Crippen molar-refractivity contribution in [2.75, 3.05) is 5.32 Å². The molecule has 2 N–H and O–H groups in total. The minimum atomic E-state index is -0.267. The van der Waals surface area contributed by atoms with E-state index in [0.29, 0.717) is 16.5 Å². The summed E-state index contributed by atoms with van der Waals surface area (Å²) in [7, 11) is 0. The monoisotopic (exact) mass is 422 g/mol. The first kappa shape index (κ1) is 19.5. The summed E-state index contributed by atoms with van der Waals surface area (Å²) >= 11 is 7.73. The molecule has 2 aromatic carbocycles. The molecular formula is C22H19ClN4OS. The van der Waals surface area contributed by atoms with E-state index in [1.165, 1.54) is 5.56 Å². The van der Waals surface area contributed by atoms with Crippen LogP contribution >= 0.6 is 23.4 Å². The molecule has 0 aliphatic heterocycles. The molecule has 0 saturated heterocycles. The van der Waals surface area contributed by atoms with Crippen molar-refractivity contribution in [2.24, 2.45) is 0 Å². The van der Waals surface area contributed by atoms with Crippen molar-refractivity contribution in [2.45, 2.75) is 23.7 Å². The van der Waals surface area contributed by atoms with E-state index < -0.39 is 0 Å². The number of rotatable bonds is 6. The number of aromatic nitrogens is 3. The quantitative estimate of drug-likeness (QED) is 0.320. The SMILES string of the molecule is C[C@H](Nc1nccc(SCc2ccccc2)n1)c1cc2cc(Cl)ccc2[nH]c1=O. The summed E-state index contributed by atoms with van der Waals surface area (Å²) in [5, 5.41) is 5.61. The summed E-state index contributed by atoms with van der Waals surface area (Å²) in [6.07, 6.45) is 1.72. The van der Waals surface area contributed by atoms with Gasteiger partial charge in [-0.3, -0.25) is 4.79 Å². The van der Waals surface area contributed by atoms with Gasteiger partial charge in [-0.25, -0.2) is 9.97 Å². The first-order valence-corrected chi connectivity index (χ1v) is 10.5. The molecule has 0 bridgehead atoms. The second-order valence-corrected chi connectivity index (χ2v) is 8.08. The van der Waals surface area contributed by atoms with E-state index >= 15 is 0 Å². The van der Waals surface area contributed by atoms with Gasteiger partial charge in [0.15, 0.2) is 0 Å². The van der Waals surface area contributed by atoms with Crippen LogP contribution in [0.3, 0.4) is 0 Å². The van der Waals surface area contributed by atoms with Crippen molar-refractivity contribution < 1.29 is 0 Å². The van der Waals surface area contributed by atoms with Gasteiger partial charge >= 0.3 is 0 Å². The van der Waals surface area contributed by atoms with Gasteiger partial charge in [0, 0.05) is 33.4 Å². The second kappa shape index (κ2) is 8.68. The maximum Gasteiger partial charge on any atom is 0.253 e. The summed E-state index contributed by atoms with van der Waals surface area (Å²) in [5.74, 6) is 1.32. The van der Waals surface area contributed by atoms with Crippen LogP contribution in [0, 0.1) is 0 Å². The normalized spacial score (nSPS) is 12.1. The van der Waals surface area contributed by atoms with E-state index in [9.17, 15) is 4.79 Å². The Morgan fingerprint density at radius 2 is 1.97 bits per heavy atom. The minimum Gasteiger partial charge on any atom is -0.347 e. The molecule has 2 heterocycles. The highest BCUT2D eigenvalue weighted by Gasteiger charge is 2.13. The number of pyridine rings is 1. The molecule has 4 rings (SSSR count). The van der Waals surface area contributed by atoms with E-state index in [4.69, 9.17) is 11.6 Å². The van der Waals surface area contributed by atoms with Gasteiger partial charge in [-0.15, -0.1) is 11.8 Å². The average Bonchev–Trinajstić information content (AvgIpc) is 2.73. The van der Waals surface area contributed by atoms with E-state index in [2.05, 4.69) is 32.4 Å². The fourth-order valence-electron chi connectivity index (χ4n) is 3.01. The van der Waals surface area contributed by atoms with Crippen molar-refractivity contribution >= 4 is 40.2 Å². The molecule has 5 nitrogen and oxygen atoms in total. The fraction of sp³-hybridized carbons (Fsp3) is 0.136. The molecule has 0 aliphatic carbocycles. The molecular weight excluding hydrogens is 404 g/mol. The van der Waals surface area contributed by atoms with Crippen LogP contribution in [0.25, 0.3) is 10.9 Å². The van der Waals surface area contributed by atoms with Crippen LogP contribution in [0.1, 0.15) is 24.1 Å². The third-order valence-electron chi connectivity index (χ3n) is 4.51. The van der Waals surface area contributed by atoms with E-state index in [1.807, 2.05) is 43.3 Å². The van der Waals surface area contributed by atoms with Gasteiger partial charge in [-0.2, -0.15) is 0 Å². The highest BCUT2D eigenvalue weighted by Crippen LogP contribution is 2.23.